The Bertz CT molecular complexity index is 447. The number of hydrogen-bond acceptors (Lipinski definition) is 4. The lowest BCUT2D eigenvalue weighted by atomic mass is 9.82. The van der Waals surface area contributed by atoms with Crippen molar-refractivity contribution in [3.05, 3.63) is 38.9 Å². The Kier molecular flexibility index (Phi) is 4.16. The first-order chi connectivity index (χ1) is 8.56. The largest absolute Gasteiger partial charge is 0.393 e. The van der Waals surface area contributed by atoms with Gasteiger partial charge < -0.3 is 10.4 Å². The van der Waals surface area contributed by atoms with Crippen LogP contribution in [0, 0.1) is 16.0 Å². The van der Waals surface area contributed by atoms with Crippen molar-refractivity contribution in [2.45, 2.75) is 25.5 Å². The van der Waals surface area contributed by atoms with E-state index in [4.69, 9.17) is 16.7 Å². The maximum Gasteiger partial charge on any atom is 0.269 e. The number of nitro groups is 1. The zero-order chi connectivity index (χ0) is 13.1. The maximum atomic E-state index is 10.7. The van der Waals surface area contributed by atoms with Gasteiger partial charge in [0.2, 0.25) is 0 Å². The predicted molar refractivity (Wildman–Crippen MR) is 68.5 cm³/mol. The number of benzene rings is 1. The van der Waals surface area contributed by atoms with E-state index in [0.29, 0.717) is 17.5 Å². The molecule has 1 aromatic carbocycles. The highest BCUT2D eigenvalue weighted by Crippen LogP contribution is 2.26. The standard InChI is InChI=1S/C12H15ClN2O3/c13-12-2-1-10(15(17)18)5-9(12)7-14-6-8-3-11(16)4-8/h1-2,5,8,11,14,16H,3-4,6-7H2. The molecule has 0 amide bonds. The maximum absolute atomic E-state index is 10.7. The van der Waals surface area contributed by atoms with Crippen LogP contribution in [-0.4, -0.2) is 22.7 Å². The second-order valence-corrected chi connectivity index (χ2v) is 5.06. The summed E-state index contributed by atoms with van der Waals surface area (Å²) >= 11 is 5.98. The van der Waals surface area contributed by atoms with E-state index < -0.39 is 4.92 Å². The lowest BCUT2D eigenvalue weighted by Crippen LogP contribution is -2.35. The molecule has 1 aromatic rings. The summed E-state index contributed by atoms with van der Waals surface area (Å²) in [6.07, 6.45) is 1.50. The van der Waals surface area contributed by atoms with Gasteiger partial charge in [-0.2, -0.15) is 0 Å². The van der Waals surface area contributed by atoms with Crippen LogP contribution in [0.15, 0.2) is 18.2 Å². The Morgan fingerprint density at radius 3 is 2.83 bits per heavy atom. The van der Waals surface area contributed by atoms with Crippen molar-refractivity contribution in [2.24, 2.45) is 5.92 Å². The number of non-ortho nitro benzene ring substituents is 1. The average Bonchev–Trinajstić information content (AvgIpc) is 2.28. The molecule has 6 heteroatoms. The summed E-state index contributed by atoms with van der Waals surface area (Å²) in [7, 11) is 0. The Morgan fingerprint density at radius 2 is 2.22 bits per heavy atom. The molecule has 1 aliphatic carbocycles. The highest BCUT2D eigenvalue weighted by molar-refractivity contribution is 6.31. The Balaban J connectivity index is 1.88. The first-order valence-electron chi connectivity index (χ1n) is 5.88. The molecule has 0 aromatic heterocycles. The summed E-state index contributed by atoms with van der Waals surface area (Å²) in [6, 6.07) is 4.43. The highest BCUT2D eigenvalue weighted by Gasteiger charge is 2.26. The molecule has 5 nitrogen and oxygen atoms in total. The van der Waals surface area contributed by atoms with Gasteiger partial charge in [-0.05, 0) is 36.9 Å². The molecular formula is C12H15ClN2O3. The number of nitrogens with one attached hydrogen (secondary N) is 1. The third-order valence-corrected chi connectivity index (χ3v) is 3.57. The van der Waals surface area contributed by atoms with Gasteiger partial charge in [-0.1, -0.05) is 11.6 Å². The van der Waals surface area contributed by atoms with E-state index in [0.717, 1.165) is 24.9 Å². The van der Waals surface area contributed by atoms with E-state index in [9.17, 15) is 10.1 Å². The van der Waals surface area contributed by atoms with Crippen LogP contribution in [0.1, 0.15) is 18.4 Å². The van der Waals surface area contributed by atoms with Crippen LogP contribution in [0.3, 0.4) is 0 Å². The molecule has 1 aliphatic rings. The van der Waals surface area contributed by atoms with Crippen LogP contribution in [0.25, 0.3) is 0 Å². The molecule has 0 atom stereocenters. The molecule has 0 heterocycles. The molecule has 2 rings (SSSR count). The Hall–Kier alpha value is -1.17. The highest BCUT2D eigenvalue weighted by atomic mass is 35.5. The van der Waals surface area contributed by atoms with Gasteiger partial charge in [0.25, 0.3) is 5.69 Å². The van der Waals surface area contributed by atoms with Crippen LogP contribution >= 0.6 is 11.6 Å². The minimum absolute atomic E-state index is 0.0512. The van der Waals surface area contributed by atoms with Crippen molar-refractivity contribution in [3.63, 3.8) is 0 Å². The zero-order valence-corrected chi connectivity index (χ0v) is 10.6. The molecule has 98 valence electrons. The minimum atomic E-state index is -0.428. The van der Waals surface area contributed by atoms with Crippen molar-refractivity contribution < 1.29 is 10.0 Å². The van der Waals surface area contributed by atoms with Crippen LogP contribution in [0.4, 0.5) is 5.69 Å². The molecule has 0 saturated heterocycles. The van der Waals surface area contributed by atoms with Gasteiger partial charge in [-0.15, -0.1) is 0 Å². The molecule has 18 heavy (non-hydrogen) atoms. The fraction of sp³-hybridized carbons (Fsp3) is 0.500. The normalized spacial score (nSPS) is 22.6. The van der Waals surface area contributed by atoms with E-state index in [1.165, 1.54) is 12.1 Å². The number of aliphatic hydroxyl groups excluding tert-OH is 1. The van der Waals surface area contributed by atoms with E-state index in [-0.39, 0.29) is 11.8 Å². The topological polar surface area (TPSA) is 75.4 Å². The van der Waals surface area contributed by atoms with Gasteiger partial charge >= 0.3 is 0 Å². The lowest BCUT2D eigenvalue weighted by Gasteiger charge is -2.31. The number of nitro benzene ring substituents is 1. The molecule has 0 spiro atoms. The fourth-order valence-corrected chi connectivity index (χ4v) is 2.27. The van der Waals surface area contributed by atoms with Crippen LogP contribution in [0.2, 0.25) is 5.02 Å². The summed E-state index contributed by atoms with van der Waals surface area (Å²) < 4.78 is 0. The quantitative estimate of drug-likeness (QED) is 0.635. The third kappa shape index (κ3) is 3.19. The number of aliphatic hydroxyl groups is 1. The molecular weight excluding hydrogens is 256 g/mol. The van der Waals surface area contributed by atoms with E-state index in [2.05, 4.69) is 5.32 Å². The van der Waals surface area contributed by atoms with Crippen molar-refractivity contribution in [3.8, 4) is 0 Å². The van der Waals surface area contributed by atoms with Gasteiger partial charge in [0.15, 0.2) is 0 Å². The summed E-state index contributed by atoms with van der Waals surface area (Å²) in [5.74, 6) is 0.498. The smallest absolute Gasteiger partial charge is 0.269 e. The molecule has 0 radical (unpaired) electrons. The second-order valence-electron chi connectivity index (χ2n) is 4.65. The van der Waals surface area contributed by atoms with Gasteiger partial charge in [0.1, 0.15) is 0 Å². The molecule has 2 N–H and O–H groups in total. The first kappa shape index (κ1) is 13.3. The SMILES string of the molecule is O=[N+]([O-])c1ccc(Cl)c(CNCC2CC(O)C2)c1. The predicted octanol–water partition coefficient (Wildman–Crippen LogP) is 2.11. The third-order valence-electron chi connectivity index (χ3n) is 3.20. The number of nitrogens with zero attached hydrogens (tertiary/aromatic N) is 1. The lowest BCUT2D eigenvalue weighted by molar-refractivity contribution is -0.384. The molecule has 1 saturated carbocycles. The van der Waals surface area contributed by atoms with Crippen molar-refractivity contribution in [1.82, 2.24) is 5.32 Å². The second kappa shape index (κ2) is 5.65. The van der Waals surface area contributed by atoms with E-state index >= 15 is 0 Å². The van der Waals surface area contributed by atoms with Crippen LogP contribution in [-0.2, 0) is 6.54 Å². The molecule has 0 unspecified atom stereocenters. The summed E-state index contributed by atoms with van der Waals surface area (Å²) in [6.45, 7) is 1.31. The van der Waals surface area contributed by atoms with Gasteiger partial charge in [-0.25, -0.2) is 0 Å². The van der Waals surface area contributed by atoms with Crippen LogP contribution in [0.5, 0.6) is 0 Å². The number of halogens is 1. The number of rotatable bonds is 5. The molecule has 1 fully saturated rings. The van der Waals surface area contributed by atoms with Crippen molar-refractivity contribution in [2.75, 3.05) is 6.54 Å². The monoisotopic (exact) mass is 270 g/mol. The first-order valence-corrected chi connectivity index (χ1v) is 6.25. The average molecular weight is 271 g/mol. The summed E-state index contributed by atoms with van der Waals surface area (Å²) in [5.41, 5.74) is 0.779. The van der Waals surface area contributed by atoms with Crippen LogP contribution < -0.4 is 5.32 Å². The van der Waals surface area contributed by atoms with E-state index in [1.54, 1.807) is 6.07 Å². The summed E-state index contributed by atoms with van der Waals surface area (Å²) in [5, 5.41) is 23.5. The van der Waals surface area contributed by atoms with Crippen molar-refractivity contribution in [1.29, 1.82) is 0 Å². The molecule has 0 aliphatic heterocycles. The van der Waals surface area contributed by atoms with Gasteiger partial charge in [0.05, 0.1) is 11.0 Å². The Morgan fingerprint density at radius 1 is 1.50 bits per heavy atom. The Labute approximate surface area is 110 Å². The zero-order valence-electron chi connectivity index (χ0n) is 9.80. The van der Waals surface area contributed by atoms with E-state index in [1.807, 2.05) is 0 Å². The number of hydrogen-bond donors (Lipinski definition) is 2. The van der Waals surface area contributed by atoms with Gasteiger partial charge in [-0.3, -0.25) is 10.1 Å². The van der Waals surface area contributed by atoms with Gasteiger partial charge in [0, 0.05) is 23.7 Å². The van der Waals surface area contributed by atoms with Crippen molar-refractivity contribution >= 4 is 17.3 Å². The minimum Gasteiger partial charge on any atom is -0.393 e. The fourth-order valence-electron chi connectivity index (χ4n) is 2.09. The molecule has 0 bridgehead atoms. The summed E-state index contributed by atoms with van der Waals surface area (Å²) in [4.78, 5) is 10.2.